The van der Waals surface area contributed by atoms with E-state index in [1.54, 1.807) is 5.32 Å². The molecule has 8 heteroatoms. The molecule has 3 nitrogen and oxygen atoms in total. The zero-order valence-corrected chi connectivity index (χ0v) is 9.02. The first-order chi connectivity index (χ1) is 8.28. The lowest BCUT2D eigenvalue weighted by atomic mass is 10.2. The predicted molar refractivity (Wildman–Crippen MR) is 52.5 cm³/mol. The van der Waals surface area contributed by atoms with Gasteiger partial charge in [-0.25, -0.2) is 13.2 Å². The van der Waals surface area contributed by atoms with Gasteiger partial charge in [0.15, 0.2) is 0 Å². The largest absolute Gasteiger partial charge is 0.494 e. The molecule has 100 valence electrons. The van der Waals surface area contributed by atoms with Gasteiger partial charge >= 0.3 is 18.3 Å². The SMILES string of the molecule is COc1cc(F)ccc1NC(=O)C(F)(F)C(F)F. The molecule has 18 heavy (non-hydrogen) atoms. The summed E-state index contributed by atoms with van der Waals surface area (Å²) in [6.45, 7) is 0. The van der Waals surface area contributed by atoms with E-state index in [9.17, 15) is 26.7 Å². The fraction of sp³-hybridized carbons (Fsp3) is 0.300. The monoisotopic (exact) mass is 269 g/mol. The molecule has 1 amide bonds. The summed E-state index contributed by atoms with van der Waals surface area (Å²) in [6, 6.07) is 2.60. The van der Waals surface area contributed by atoms with E-state index in [0.29, 0.717) is 0 Å². The Balaban J connectivity index is 2.95. The van der Waals surface area contributed by atoms with Gasteiger partial charge in [-0.2, -0.15) is 8.78 Å². The molecule has 0 fully saturated rings. The minimum Gasteiger partial charge on any atom is -0.494 e. The van der Waals surface area contributed by atoms with Crippen molar-refractivity contribution in [1.29, 1.82) is 0 Å². The van der Waals surface area contributed by atoms with Gasteiger partial charge in [0, 0.05) is 6.07 Å². The van der Waals surface area contributed by atoms with E-state index in [1.165, 1.54) is 0 Å². The van der Waals surface area contributed by atoms with E-state index in [2.05, 4.69) is 4.74 Å². The van der Waals surface area contributed by atoms with E-state index in [4.69, 9.17) is 0 Å². The smallest absolute Gasteiger partial charge is 0.383 e. The lowest BCUT2D eigenvalue weighted by Gasteiger charge is -2.16. The van der Waals surface area contributed by atoms with Crippen molar-refractivity contribution in [2.75, 3.05) is 12.4 Å². The number of anilines is 1. The number of ether oxygens (including phenoxy) is 1. The Morgan fingerprint density at radius 2 is 2.00 bits per heavy atom. The number of hydrogen-bond donors (Lipinski definition) is 1. The van der Waals surface area contributed by atoms with Gasteiger partial charge in [0.05, 0.1) is 12.8 Å². The van der Waals surface area contributed by atoms with Gasteiger partial charge in [-0.1, -0.05) is 0 Å². The van der Waals surface area contributed by atoms with Gasteiger partial charge in [0.2, 0.25) is 0 Å². The fourth-order valence-corrected chi connectivity index (χ4v) is 1.07. The number of halogens is 5. The normalized spacial score (nSPS) is 11.5. The Morgan fingerprint density at radius 1 is 1.39 bits per heavy atom. The minimum atomic E-state index is -4.83. The molecule has 0 spiro atoms. The molecule has 0 atom stereocenters. The molecule has 0 saturated carbocycles. The maximum absolute atomic E-state index is 12.8. The zero-order chi connectivity index (χ0) is 13.9. The Kier molecular flexibility index (Phi) is 4.10. The molecule has 0 radical (unpaired) electrons. The zero-order valence-electron chi connectivity index (χ0n) is 9.02. The third-order valence-corrected chi connectivity index (χ3v) is 1.99. The van der Waals surface area contributed by atoms with E-state index >= 15 is 0 Å². The highest BCUT2D eigenvalue weighted by molar-refractivity contribution is 5.97. The van der Waals surface area contributed by atoms with Crippen molar-refractivity contribution in [3.05, 3.63) is 24.0 Å². The molecule has 1 rings (SSSR count). The van der Waals surface area contributed by atoms with Crippen molar-refractivity contribution in [1.82, 2.24) is 0 Å². The summed E-state index contributed by atoms with van der Waals surface area (Å²) in [5.74, 6) is -8.01. The van der Waals surface area contributed by atoms with Crippen molar-refractivity contribution in [2.24, 2.45) is 0 Å². The van der Waals surface area contributed by atoms with Crippen molar-refractivity contribution in [3.63, 3.8) is 0 Å². The highest BCUT2D eigenvalue weighted by atomic mass is 19.3. The van der Waals surface area contributed by atoms with E-state index in [0.717, 1.165) is 25.3 Å². The quantitative estimate of drug-likeness (QED) is 0.853. The third-order valence-electron chi connectivity index (χ3n) is 1.99. The molecule has 0 unspecified atom stereocenters. The van der Waals surface area contributed by atoms with Crippen LogP contribution in [0.4, 0.5) is 27.6 Å². The van der Waals surface area contributed by atoms with E-state index in [1.807, 2.05) is 0 Å². The lowest BCUT2D eigenvalue weighted by molar-refractivity contribution is -0.163. The Labute approximate surface area is 98.5 Å². The summed E-state index contributed by atoms with van der Waals surface area (Å²) < 4.78 is 66.5. The second-order valence-electron chi connectivity index (χ2n) is 3.22. The fourth-order valence-electron chi connectivity index (χ4n) is 1.07. The highest BCUT2D eigenvalue weighted by Crippen LogP contribution is 2.29. The van der Waals surface area contributed by atoms with E-state index in [-0.39, 0.29) is 11.4 Å². The molecule has 0 saturated heterocycles. The number of hydrogen-bond acceptors (Lipinski definition) is 2. The number of carbonyl (C=O) groups is 1. The average Bonchev–Trinajstić information content (AvgIpc) is 2.30. The molecule has 0 bridgehead atoms. The standard InChI is InChI=1S/C10H8F5NO2/c1-18-7-4-5(11)2-3-6(7)16-9(17)10(14,15)8(12)13/h2-4,8H,1H3,(H,16,17). The van der Waals surface area contributed by atoms with Gasteiger partial charge in [-0.3, -0.25) is 4.79 Å². The van der Waals surface area contributed by atoms with Crippen molar-refractivity contribution in [3.8, 4) is 5.75 Å². The molecule has 1 N–H and O–H groups in total. The van der Waals surface area contributed by atoms with Crippen LogP contribution in [0.15, 0.2) is 18.2 Å². The first-order valence-electron chi connectivity index (χ1n) is 4.60. The summed E-state index contributed by atoms with van der Waals surface area (Å²) >= 11 is 0. The van der Waals surface area contributed by atoms with Crippen LogP contribution in [0.1, 0.15) is 0 Å². The molecule has 1 aromatic rings. The van der Waals surface area contributed by atoms with Crippen LogP contribution in [0, 0.1) is 5.82 Å². The molecule has 1 aromatic carbocycles. The van der Waals surface area contributed by atoms with Crippen LogP contribution in [0.5, 0.6) is 5.75 Å². The molecule has 0 aromatic heterocycles. The van der Waals surface area contributed by atoms with Crippen molar-refractivity contribution in [2.45, 2.75) is 12.3 Å². The number of carbonyl (C=O) groups excluding carboxylic acids is 1. The van der Waals surface area contributed by atoms with Gasteiger partial charge in [0.1, 0.15) is 11.6 Å². The molecule has 0 heterocycles. The Hall–Kier alpha value is -1.86. The van der Waals surface area contributed by atoms with Crippen LogP contribution in [-0.2, 0) is 4.79 Å². The summed E-state index contributed by atoms with van der Waals surface area (Å²) in [7, 11) is 1.11. The topological polar surface area (TPSA) is 38.3 Å². The summed E-state index contributed by atoms with van der Waals surface area (Å²) in [6.07, 6.45) is -4.14. The molecular weight excluding hydrogens is 261 g/mol. The summed E-state index contributed by atoms with van der Waals surface area (Å²) in [5, 5.41) is 1.55. The first kappa shape index (κ1) is 14.2. The van der Waals surface area contributed by atoms with Crippen molar-refractivity contribution < 1.29 is 31.5 Å². The van der Waals surface area contributed by atoms with Crippen LogP contribution in [0.3, 0.4) is 0 Å². The van der Waals surface area contributed by atoms with Crippen LogP contribution < -0.4 is 10.1 Å². The lowest BCUT2D eigenvalue weighted by Crippen LogP contribution is -2.41. The van der Waals surface area contributed by atoms with Gasteiger partial charge < -0.3 is 10.1 Å². The number of nitrogens with one attached hydrogen (secondary N) is 1. The summed E-state index contributed by atoms with van der Waals surface area (Å²) in [5.41, 5.74) is -0.329. The molecule has 0 aliphatic carbocycles. The number of rotatable bonds is 4. The number of benzene rings is 1. The maximum atomic E-state index is 12.8. The maximum Gasteiger partial charge on any atom is 0.383 e. The van der Waals surface area contributed by atoms with Crippen molar-refractivity contribution >= 4 is 11.6 Å². The summed E-state index contributed by atoms with van der Waals surface area (Å²) in [4.78, 5) is 10.9. The second kappa shape index (κ2) is 5.19. The number of alkyl halides is 4. The highest BCUT2D eigenvalue weighted by Gasteiger charge is 2.49. The van der Waals surface area contributed by atoms with Crippen LogP contribution in [0.2, 0.25) is 0 Å². The van der Waals surface area contributed by atoms with Gasteiger partial charge in [0.25, 0.3) is 0 Å². The van der Waals surface area contributed by atoms with Gasteiger partial charge in [-0.15, -0.1) is 0 Å². The molecule has 0 aliphatic rings. The number of methoxy groups -OCH3 is 1. The van der Waals surface area contributed by atoms with Gasteiger partial charge in [-0.05, 0) is 12.1 Å². The second-order valence-corrected chi connectivity index (χ2v) is 3.22. The van der Waals surface area contributed by atoms with Crippen LogP contribution in [-0.4, -0.2) is 25.4 Å². The Morgan fingerprint density at radius 3 is 2.50 bits per heavy atom. The average molecular weight is 269 g/mol. The first-order valence-corrected chi connectivity index (χ1v) is 4.60. The van der Waals surface area contributed by atoms with Crippen LogP contribution in [0.25, 0.3) is 0 Å². The Bertz CT molecular complexity index is 450. The predicted octanol–water partition coefficient (Wildman–Crippen LogP) is 2.67. The van der Waals surface area contributed by atoms with E-state index < -0.39 is 24.1 Å². The molecule has 0 aliphatic heterocycles. The third kappa shape index (κ3) is 2.88. The molecular formula is C10H8F5NO2. The number of amides is 1. The minimum absolute atomic E-state index is 0.256. The van der Waals surface area contributed by atoms with Crippen LogP contribution >= 0.6 is 0 Å².